The van der Waals surface area contributed by atoms with Gasteiger partial charge in [0.25, 0.3) is 0 Å². The molecule has 2 N–H and O–H groups in total. The summed E-state index contributed by atoms with van der Waals surface area (Å²) in [4.78, 5) is 0. The maximum Gasteiger partial charge on any atom is 0.123 e. The first-order valence-electron chi connectivity index (χ1n) is 6.35. The van der Waals surface area contributed by atoms with Crippen molar-refractivity contribution in [3.05, 3.63) is 53.8 Å². The van der Waals surface area contributed by atoms with Gasteiger partial charge in [-0.1, -0.05) is 18.2 Å². The van der Waals surface area contributed by atoms with Crippen molar-refractivity contribution in [3.8, 4) is 16.9 Å². The lowest BCUT2D eigenvalue weighted by Gasteiger charge is -2.12. The van der Waals surface area contributed by atoms with Crippen molar-refractivity contribution in [1.82, 2.24) is 0 Å². The molecular formula is C16H18FNO. The Morgan fingerprint density at radius 3 is 2.37 bits per heavy atom. The smallest absolute Gasteiger partial charge is 0.123 e. The largest absolute Gasteiger partial charge is 0.491 e. The van der Waals surface area contributed by atoms with Gasteiger partial charge in [-0.2, -0.15) is 0 Å². The summed E-state index contributed by atoms with van der Waals surface area (Å²) in [6.07, 6.45) is 0.149. The Morgan fingerprint density at radius 1 is 1.11 bits per heavy atom. The number of nitrogens with two attached hydrogens (primary N) is 1. The molecule has 0 amide bonds. The summed E-state index contributed by atoms with van der Waals surface area (Å²) in [7, 11) is 0. The summed E-state index contributed by atoms with van der Waals surface area (Å²) in [5.41, 5.74) is 8.43. The molecule has 0 aromatic heterocycles. The summed E-state index contributed by atoms with van der Waals surface area (Å²) in [5, 5.41) is 0. The molecule has 0 radical (unpaired) electrons. The van der Waals surface area contributed by atoms with Crippen LogP contribution in [0.2, 0.25) is 0 Å². The van der Waals surface area contributed by atoms with E-state index in [1.165, 1.54) is 12.1 Å². The lowest BCUT2D eigenvalue weighted by molar-refractivity contribution is 0.242. The van der Waals surface area contributed by atoms with Crippen LogP contribution in [0.5, 0.6) is 5.75 Å². The van der Waals surface area contributed by atoms with Gasteiger partial charge in [-0.15, -0.1) is 0 Å². The van der Waals surface area contributed by atoms with E-state index in [4.69, 9.17) is 10.5 Å². The number of hydrogen-bond acceptors (Lipinski definition) is 2. The third-order valence-corrected chi connectivity index (χ3v) is 2.82. The zero-order valence-electron chi connectivity index (χ0n) is 11.2. The molecule has 0 aliphatic heterocycles. The Balaban J connectivity index is 2.32. The zero-order chi connectivity index (χ0) is 13.8. The number of benzene rings is 2. The van der Waals surface area contributed by atoms with Crippen molar-refractivity contribution in [3.63, 3.8) is 0 Å². The van der Waals surface area contributed by atoms with Crippen LogP contribution in [0.25, 0.3) is 11.1 Å². The van der Waals surface area contributed by atoms with Crippen LogP contribution in [0.3, 0.4) is 0 Å². The highest BCUT2D eigenvalue weighted by Gasteiger charge is 2.06. The number of rotatable bonds is 4. The standard InChI is InChI=1S/C16H18FNO/c1-11(2)19-15-6-3-12(4-7-15)16-8-5-14(17)9-13(16)10-18/h3-9,11H,10,18H2,1-2H3. The topological polar surface area (TPSA) is 35.2 Å². The Kier molecular flexibility index (Phi) is 4.17. The predicted molar refractivity (Wildman–Crippen MR) is 75.5 cm³/mol. The van der Waals surface area contributed by atoms with E-state index in [1.807, 2.05) is 38.1 Å². The second-order valence-electron chi connectivity index (χ2n) is 4.70. The summed E-state index contributed by atoms with van der Waals surface area (Å²) < 4.78 is 18.8. The second-order valence-corrected chi connectivity index (χ2v) is 4.70. The molecule has 2 aromatic carbocycles. The molecule has 3 heteroatoms. The van der Waals surface area contributed by atoms with Crippen LogP contribution in [0.1, 0.15) is 19.4 Å². The molecule has 2 aromatic rings. The van der Waals surface area contributed by atoms with E-state index in [2.05, 4.69) is 0 Å². The Morgan fingerprint density at radius 2 is 1.79 bits per heavy atom. The molecule has 0 heterocycles. The summed E-state index contributed by atoms with van der Waals surface area (Å²) in [6, 6.07) is 12.4. The van der Waals surface area contributed by atoms with Gasteiger partial charge in [0.2, 0.25) is 0 Å². The van der Waals surface area contributed by atoms with Crippen molar-refractivity contribution in [2.45, 2.75) is 26.5 Å². The molecule has 2 rings (SSSR count). The van der Waals surface area contributed by atoms with Crippen molar-refractivity contribution < 1.29 is 9.13 Å². The summed E-state index contributed by atoms with van der Waals surface area (Å²) >= 11 is 0. The van der Waals surface area contributed by atoms with E-state index in [0.717, 1.165) is 22.4 Å². The van der Waals surface area contributed by atoms with Crippen molar-refractivity contribution in [1.29, 1.82) is 0 Å². The molecule has 0 aliphatic carbocycles. The molecule has 0 bridgehead atoms. The van der Waals surface area contributed by atoms with Crippen molar-refractivity contribution in [2.75, 3.05) is 0 Å². The predicted octanol–water partition coefficient (Wildman–Crippen LogP) is 3.74. The van der Waals surface area contributed by atoms with Gasteiger partial charge < -0.3 is 10.5 Å². The molecule has 100 valence electrons. The molecule has 0 unspecified atom stereocenters. The van der Waals surface area contributed by atoms with E-state index in [1.54, 1.807) is 6.07 Å². The molecule has 0 saturated carbocycles. The van der Waals surface area contributed by atoms with Crippen LogP contribution in [0.15, 0.2) is 42.5 Å². The van der Waals surface area contributed by atoms with E-state index >= 15 is 0 Å². The SMILES string of the molecule is CC(C)Oc1ccc(-c2ccc(F)cc2CN)cc1. The van der Waals surface area contributed by atoms with Gasteiger partial charge in [0.1, 0.15) is 11.6 Å². The van der Waals surface area contributed by atoms with Crippen LogP contribution < -0.4 is 10.5 Å². The minimum Gasteiger partial charge on any atom is -0.491 e. The van der Waals surface area contributed by atoms with Gasteiger partial charge in [0, 0.05) is 6.54 Å². The maximum atomic E-state index is 13.2. The Labute approximate surface area is 113 Å². The fourth-order valence-corrected chi connectivity index (χ4v) is 2.00. The monoisotopic (exact) mass is 259 g/mol. The van der Waals surface area contributed by atoms with Crippen LogP contribution >= 0.6 is 0 Å². The highest BCUT2D eigenvalue weighted by atomic mass is 19.1. The van der Waals surface area contributed by atoms with E-state index in [0.29, 0.717) is 6.54 Å². The van der Waals surface area contributed by atoms with Gasteiger partial charge in [-0.3, -0.25) is 0 Å². The highest BCUT2D eigenvalue weighted by Crippen LogP contribution is 2.26. The molecule has 2 nitrogen and oxygen atoms in total. The third kappa shape index (κ3) is 3.32. The van der Waals surface area contributed by atoms with Crippen LogP contribution in [-0.4, -0.2) is 6.10 Å². The van der Waals surface area contributed by atoms with Gasteiger partial charge in [-0.05, 0) is 54.8 Å². The normalized spacial score (nSPS) is 10.8. The number of halogens is 1. The van der Waals surface area contributed by atoms with Gasteiger partial charge in [0.15, 0.2) is 0 Å². The molecule has 0 aliphatic rings. The lowest BCUT2D eigenvalue weighted by Crippen LogP contribution is -2.05. The highest BCUT2D eigenvalue weighted by molar-refractivity contribution is 5.68. The first-order chi connectivity index (χ1) is 9.10. The minimum atomic E-state index is -0.260. The molecule has 0 atom stereocenters. The lowest BCUT2D eigenvalue weighted by atomic mass is 9.99. The maximum absolute atomic E-state index is 13.2. The molecule has 19 heavy (non-hydrogen) atoms. The molecule has 0 fully saturated rings. The zero-order valence-corrected chi connectivity index (χ0v) is 11.2. The molecular weight excluding hydrogens is 241 g/mol. The average Bonchev–Trinajstić information content (AvgIpc) is 2.39. The first kappa shape index (κ1) is 13.6. The van der Waals surface area contributed by atoms with E-state index < -0.39 is 0 Å². The fraction of sp³-hybridized carbons (Fsp3) is 0.250. The third-order valence-electron chi connectivity index (χ3n) is 2.82. The number of hydrogen-bond donors (Lipinski definition) is 1. The minimum absolute atomic E-state index is 0.149. The molecule has 0 spiro atoms. The van der Waals surface area contributed by atoms with Crippen LogP contribution in [-0.2, 0) is 6.54 Å². The quantitative estimate of drug-likeness (QED) is 0.907. The van der Waals surface area contributed by atoms with Gasteiger partial charge >= 0.3 is 0 Å². The van der Waals surface area contributed by atoms with E-state index in [-0.39, 0.29) is 11.9 Å². The Bertz CT molecular complexity index is 549. The number of ether oxygens (including phenoxy) is 1. The van der Waals surface area contributed by atoms with Crippen molar-refractivity contribution in [2.24, 2.45) is 5.73 Å². The first-order valence-corrected chi connectivity index (χ1v) is 6.35. The Hall–Kier alpha value is -1.87. The average molecular weight is 259 g/mol. The van der Waals surface area contributed by atoms with Gasteiger partial charge in [0.05, 0.1) is 6.10 Å². The van der Waals surface area contributed by atoms with Crippen LogP contribution in [0.4, 0.5) is 4.39 Å². The van der Waals surface area contributed by atoms with Gasteiger partial charge in [-0.25, -0.2) is 4.39 Å². The summed E-state index contributed by atoms with van der Waals surface area (Å²) in [6.45, 7) is 4.29. The second kappa shape index (κ2) is 5.85. The summed E-state index contributed by atoms with van der Waals surface area (Å²) in [5.74, 6) is 0.569. The van der Waals surface area contributed by atoms with Crippen LogP contribution in [0, 0.1) is 5.82 Å². The molecule has 0 saturated heterocycles. The van der Waals surface area contributed by atoms with Crippen molar-refractivity contribution >= 4 is 0 Å². The fourth-order valence-electron chi connectivity index (χ4n) is 2.00. The van der Waals surface area contributed by atoms with E-state index in [9.17, 15) is 4.39 Å².